The predicted octanol–water partition coefficient (Wildman–Crippen LogP) is 1.50. The van der Waals surface area contributed by atoms with Crippen molar-refractivity contribution in [3.05, 3.63) is 0 Å². The van der Waals surface area contributed by atoms with Gasteiger partial charge in [0.25, 0.3) is 0 Å². The average Bonchev–Trinajstić information content (AvgIpc) is 2.63. The minimum atomic E-state index is -4.48. The summed E-state index contributed by atoms with van der Waals surface area (Å²) in [6.07, 6.45) is -4.43. The summed E-state index contributed by atoms with van der Waals surface area (Å²) in [7, 11) is 1.01. The lowest BCUT2D eigenvalue weighted by molar-refractivity contribution is -0.264. The Hall–Kier alpha value is -0.820. The Balaban J connectivity index is 2.84. The molecule has 2 atom stereocenters. The Labute approximate surface area is 97.3 Å². The van der Waals surface area contributed by atoms with Crippen LogP contribution in [0.1, 0.15) is 19.8 Å². The number of methoxy groups -OCH3 is 1. The first-order valence-corrected chi connectivity index (χ1v) is 5.36. The van der Waals surface area contributed by atoms with Crippen LogP contribution >= 0.6 is 0 Å². The largest absolute Gasteiger partial charge is 0.480 e. The second kappa shape index (κ2) is 4.81. The monoisotopic (exact) mass is 255 g/mol. The lowest BCUT2D eigenvalue weighted by Crippen LogP contribution is -2.51. The third-order valence-electron chi connectivity index (χ3n) is 3.28. The highest BCUT2D eigenvalue weighted by Gasteiger charge is 2.59. The van der Waals surface area contributed by atoms with Gasteiger partial charge in [-0.2, -0.15) is 13.2 Å². The number of carboxylic acids is 1. The molecule has 17 heavy (non-hydrogen) atoms. The minimum Gasteiger partial charge on any atom is -0.480 e. The Morgan fingerprint density at radius 1 is 1.59 bits per heavy atom. The maximum atomic E-state index is 12.9. The normalized spacial score (nSPS) is 28.3. The summed E-state index contributed by atoms with van der Waals surface area (Å²) in [4.78, 5) is 12.2. The van der Waals surface area contributed by atoms with Gasteiger partial charge in [0.2, 0.25) is 0 Å². The number of halogens is 3. The van der Waals surface area contributed by atoms with Crippen molar-refractivity contribution in [2.75, 3.05) is 20.2 Å². The van der Waals surface area contributed by atoms with Gasteiger partial charge in [0.05, 0.1) is 0 Å². The molecule has 0 spiro atoms. The molecule has 0 aliphatic carbocycles. The average molecular weight is 255 g/mol. The first kappa shape index (κ1) is 14.2. The van der Waals surface area contributed by atoms with E-state index in [0.29, 0.717) is 0 Å². The van der Waals surface area contributed by atoms with Gasteiger partial charge in [0.15, 0.2) is 5.60 Å². The molecule has 0 aromatic heterocycles. The molecule has 1 aliphatic heterocycles. The van der Waals surface area contributed by atoms with Gasteiger partial charge in [0, 0.05) is 20.2 Å². The number of aliphatic carboxylic acids is 1. The molecule has 1 saturated heterocycles. The van der Waals surface area contributed by atoms with E-state index < -0.39 is 30.3 Å². The highest BCUT2D eigenvalue weighted by atomic mass is 19.4. The molecule has 4 nitrogen and oxygen atoms in total. The fraction of sp³-hybridized carbons (Fsp3) is 0.900. The second-order valence-electron chi connectivity index (χ2n) is 4.18. The highest BCUT2D eigenvalue weighted by Crippen LogP contribution is 2.41. The molecule has 1 rings (SSSR count). The number of ether oxygens (including phenoxy) is 1. The summed E-state index contributed by atoms with van der Waals surface area (Å²) in [5, 5.41) is 8.92. The first-order valence-electron chi connectivity index (χ1n) is 5.36. The van der Waals surface area contributed by atoms with Gasteiger partial charge in [0.1, 0.15) is 6.04 Å². The number of carbonyl (C=O) groups is 1. The minimum absolute atomic E-state index is 0.0815. The molecule has 1 heterocycles. The van der Waals surface area contributed by atoms with Gasteiger partial charge in [-0.3, -0.25) is 9.69 Å². The Bertz CT molecular complexity index is 295. The molecule has 0 radical (unpaired) electrons. The maximum Gasteiger partial charge on any atom is 0.418 e. The van der Waals surface area contributed by atoms with Crippen molar-refractivity contribution >= 4 is 5.97 Å². The van der Waals surface area contributed by atoms with Crippen LogP contribution in [0.15, 0.2) is 0 Å². The number of likely N-dealkylation sites (tertiary alicyclic amines) is 1. The molecule has 1 aliphatic rings. The van der Waals surface area contributed by atoms with Crippen molar-refractivity contribution < 1.29 is 27.8 Å². The maximum absolute atomic E-state index is 12.9. The van der Waals surface area contributed by atoms with Crippen molar-refractivity contribution in [1.82, 2.24) is 4.90 Å². The lowest BCUT2D eigenvalue weighted by Gasteiger charge is -2.31. The fourth-order valence-electron chi connectivity index (χ4n) is 2.18. The highest BCUT2D eigenvalue weighted by molar-refractivity contribution is 5.73. The van der Waals surface area contributed by atoms with Crippen LogP contribution in [0.4, 0.5) is 13.2 Å². The molecule has 0 aromatic carbocycles. The van der Waals surface area contributed by atoms with Crippen molar-refractivity contribution in [2.24, 2.45) is 0 Å². The molecular formula is C10H16F3NO3. The summed E-state index contributed by atoms with van der Waals surface area (Å²) in [5.74, 6) is -1.10. The van der Waals surface area contributed by atoms with Crippen LogP contribution in [-0.2, 0) is 9.53 Å². The SMILES string of the molecule is CCC(C(=O)O)N1CCC(OC)(C(F)(F)F)C1. The fourth-order valence-corrected chi connectivity index (χ4v) is 2.18. The van der Waals surface area contributed by atoms with Crippen LogP contribution in [0.3, 0.4) is 0 Å². The van der Waals surface area contributed by atoms with E-state index in [2.05, 4.69) is 4.74 Å². The second-order valence-corrected chi connectivity index (χ2v) is 4.18. The van der Waals surface area contributed by atoms with Crippen molar-refractivity contribution in [2.45, 2.75) is 37.6 Å². The molecule has 1 N–H and O–H groups in total. The van der Waals surface area contributed by atoms with E-state index in [9.17, 15) is 18.0 Å². The van der Waals surface area contributed by atoms with Gasteiger partial charge >= 0.3 is 12.1 Å². The van der Waals surface area contributed by atoms with Crippen molar-refractivity contribution in [3.8, 4) is 0 Å². The van der Waals surface area contributed by atoms with E-state index >= 15 is 0 Å². The van der Waals surface area contributed by atoms with Gasteiger partial charge in [-0.15, -0.1) is 0 Å². The van der Waals surface area contributed by atoms with E-state index in [4.69, 9.17) is 5.11 Å². The predicted molar refractivity (Wildman–Crippen MR) is 53.7 cm³/mol. The van der Waals surface area contributed by atoms with Gasteiger partial charge in [-0.25, -0.2) is 0 Å². The zero-order chi connectivity index (χ0) is 13.3. The molecular weight excluding hydrogens is 239 g/mol. The summed E-state index contributed by atoms with van der Waals surface area (Å²) < 4.78 is 43.2. The van der Waals surface area contributed by atoms with E-state index in [-0.39, 0.29) is 19.4 Å². The number of nitrogens with zero attached hydrogens (tertiary/aromatic N) is 1. The van der Waals surface area contributed by atoms with Gasteiger partial charge < -0.3 is 9.84 Å². The van der Waals surface area contributed by atoms with Crippen LogP contribution in [0.2, 0.25) is 0 Å². The summed E-state index contributed by atoms with van der Waals surface area (Å²) in [6, 6.07) is -0.880. The van der Waals surface area contributed by atoms with E-state index in [1.54, 1.807) is 6.92 Å². The molecule has 100 valence electrons. The lowest BCUT2D eigenvalue weighted by atomic mass is 10.0. The number of hydrogen-bond donors (Lipinski definition) is 1. The van der Waals surface area contributed by atoms with Gasteiger partial charge in [-0.05, 0) is 12.8 Å². The number of alkyl halides is 3. The zero-order valence-electron chi connectivity index (χ0n) is 9.75. The summed E-state index contributed by atoms with van der Waals surface area (Å²) in [6.45, 7) is 1.30. The Morgan fingerprint density at radius 2 is 2.18 bits per heavy atom. The number of hydrogen-bond acceptors (Lipinski definition) is 3. The number of rotatable bonds is 4. The zero-order valence-corrected chi connectivity index (χ0v) is 9.75. The third-order valence-corrected chi connectivity index (χ3v) is 3.28. The van der Waals surface area contributed by atoms with Crippen LogP contribution in [-0.4, -0.2) is 54.0 Å². The standard InChI is InChI=1S/C10H16F3NO3/c1-3-7(8(15)16)14-5-4-9(6-14,17-2)10(11,12)13/h7H,3-6H2,1-2H3,(H,15,16). The Kier molecular flexibility index (Phi) is 4.03. The van der Waals surface area contributed by atoms with E-state index in [1.165, 1.54) is 4.90 Å². The molecule has 1 fully saturated rings. The van der Waals surface area contributed by atoms with Crippen molar-refractivity contribution in [1.29, 1.82) is 0 Å². The Morgan fingerprint density at radius 3 is 2.47 bits per heavy atom. The van der Waals surface area contributed by atoms with Crippen LogP contribution in [0.5, 0.6) is 0 Å². The van der Waals surface area contributed by atoms with E-state index in [1.807, 2.05) is 0 Å². The van der Waals surface area contributed by atoms with Crippen LogP contribution < -0.4 is 0 Å². The first-order chi connectivity index (χ1) is 7.77. The van der Waals surface area contributed by atoms with E-state index in [0.717, 1.165) is 7.11 Å². The van der Waals surface area contributed by atoms with Crippen LogP contribution in [0, 0.1) is 0 Å². The topological polar surface area (TPSA) is 49.8 Å². The summed E-state index contributed by atoms with van der Waals surface area (Å²) in [5.41, 5.74) is -2.23. The smallest absolute Gasteiger partial charge is 0.418 e. The van der Waals surface area contributed by atoms with Gasteiger partial charge in [-0.1, -0.05) is 6.92 Å². The molecule has 0 saturated carbocycles. The molecule has 0 amide bonds. The van der Waals surface area contributed by atoms with Crippen LogP contribution in [0.25, 0.3) is 0 Å². The number of carboxylic acid groups (broad SMARTS) is 1. The third kappa shape index (κ3) is 2.55. The molecule has 0 bridgehead atoms. The quantitative estimate of drug-likeness (QED) is 0.827. The summed E-state index contributed by atoms with van der Waals surface area (Å²) >= 11 is 0. The molecule has 7 heteroatoms. The molecule has 0 aromatic rings. The molecule has 2 unspecified atom stereocenters. The van der Waals surface area contributed by atoms with Crippen molar-refractivity contribution in [3.63, 3.8) is 0 Å².